The van der Waals surface area contributed by atoms with E-state index < -0.39 is 17.6 Å². The van der Waals surface area contributed by atoms with Gasteiger partial charge in [0.1, 0.15) is 0 Å². The van der Waals surface area contributed by atoms with Crippen LogP contribution in [0.4, 0.5) is 30.2 Å². The lowest BCUT2D eigenvalue weighted by Crippen LogP contribution is -2.42. The normalized spacial score (nSPS) is 15.5. The number of nitrogens with zero attached hydrogens (tertiary/aromatic N) is 4. The Bertz CT molecular complexity index is 1410. The molecule has 1 fully saturated rings. The van der Waals surface area contributed by atoms with Crippen molar-refractivity contribution in [1.82, 2.24) is 4.90 Å². The molecule has 43 heavy (non-hydrogen) atoms. The summed E-state index contributed by atoms with van der Waals surface area (Å²) in [6, 6.07) is 8.83. The number of hydrazine groups is 1. The Balaban J connectivity index is 1.88. The number of nitrogens with two attached hydrogens (primary N) is 2. The Hall–Kier alpha value is -4.29. The molecule has 2 aromatic carbocycles. The number of allylic oxidation sites excluding steroid dienone is 2. The van der Waals surface area contributed by atoms with Crippen LogP contribution in [0.1, 0.15) is 41.3 Å². The molecule has 2 aromatic rings. The molecule has 0 aromatic heterocycles. The SMILES string of the molecule is C=N/C=C(\C=C(/C)OC)C(/N)=C/N(N)c1cc(C(=O)Nc2cc(N3CCC(N(C)C)CC3)cc(C(F)(F)F)c2)ccc1C. The van der Waals surface area contributed by atoms with Crippen LogP contribution in [0.25, 0.3) is 0 Å². The highest BCUT2D eigenvalue weighted by molar-refractivity contribution is 6.05. The number of piperidine rings is 1. The Morgan fingerprint density at radius 3 is 2.44 bits per heavy atom. The number of anilines is 3. The van der Waals surface area contributed by atoms with Gasteiger partial charge in [-0.25, -0.2) is 5.84 Å². The quantitative estimate of drug-likeness (QED) is 0.110. The zero-order chi connectivity index (χ0) is 31.9. The van der Waals surface area contributed by atoms with Crippen LogP contribution in [0.2, 0.25) is 0 Å². The van der Waals surface area contributed by atoms with E-state index in [1.807, 2.05) is 19.0 Å². The first-order valence-electron chi connectivity index (χ1n) is 13.7. The van der Waals surface area contributed by atoms with Crippen LogP contribution in [-0.2, 0) is 10.9 Å². The highest BCUT2D eigenvalue weighted by Crippen LogP contribution is 2.36. The average Bonchev–Trinajstić information content (AvgIpc) is 2.96. The van der Waals surface area contributed by atoms with Crippen molar-refractivity contribution in [2.75, 3.05) is 49.5 Å². The maximum atomic E-state index is 13.8. The molecule has 0 atom stereocenters. The van der Waals surface area contributed by atoms with Crippen LogP contribution in [-0.4, -0.2) is 57.9 Å². The van der Waals surface area contributed by atoms with Crippen molar-refractivity contribution in [2.45, 2.75) is 38.9 Å². The minimum atomic E-state index is -4.58. The first kappa shape index (κ1) is 33.2. The van der Waals surface area contributed by atoms with E-state index in [1.165, 1.54) is 24.5 Å². The molecule has 0 unspecified atom stereocenters. The molecule has 232 valence electrons. The first-order chi connectivity index (χ1) is 20.2. The van der Waals surface area contributed by atoms with E-state index >= 15 is 0 Å². The van der Waals surface area contributed by atoms with Gasteiger partial charge in [0, 0.05) is 54.0 Å². The summed E-state index contributed by atoms with van der Waals surface area (Å²) in [5.74, 6) is 6.30. The molecule has 0 bridgehead atoms. The monoisotopic (exact) mass is 599 g/mol. The molecule has 0 aliphatic carbocycles. The smallest absolute Gasteiger partial charge is 0.416 e. The molecule has 1 heterocycles. The minimum Gasteiger partial charge on any atom is -0.501 e. The van der Waals surface area contributed by atoms with Crippen LogP contribution in [0.5, 0.6) is 0 Å². The predicted molar refractivity (Wildman–Crippen MR) is 167 cm³/mol. The van der Waals surface area contributed by atoms with E-state index in [2.05, 4.69) is 21.9 Å². The number of alkyl halides is 3. The number of aliphatic imine (C=N–C) groups is 1. The number of nitrogens with one attached hydrogen (secondary N) is 1. The molecule has 0 spiro atoms. The maximum Gasteiger partial charge on any atom is 0.416 e. The topological polar surface area (TPSA) is 112 Å². The van der Waals surface area contributed by atoms with Gasteiger partial charge in [0.15, 0.2) is 0 Å². The van der Waals surface area contributed by atoms with E-state index in [9.17, 15) is 18.0 Å². The number of rotatable bonds is 10. The van der Waals surface area contributed by atoms with Gasteiger partial charge >= 0.3 is 6.18 Å². The minimum absolute atomic E-state index is 0.0485. The van der Waals surface area contributed by atoms with Crippen molar-refractivity contribution in [3.63, 3.8) is 0 Å². The van der Waals surface area contributed by atoms with E-state index in [4.69, 9.17) is 16.3 Å². The van der Waals surface area contributed by atoms with Gasteiger partial charge in [-0.15, -0.1) is 0 Å². The third-order valence-corrected chi connectivity index (χ3v) is 7.34. The summed E-state index contributed by atoms with van der Waals surface area (Å²) in [5, 5.41) is 3.90. The summed E-state index contributed by atoms with van der Waals surface area (Å²) in [6.07, 6.45) is 1.65. The van der Waals surface area contributed by atoms with Crippen molar-refractivity contribution in [2.24, 2.45) is 16.6 Å². The fourth-order valence-corrected chi connectivity index (χ4v) is 4.77. The second-order valence-corrected chi connectivity index (χ2v) is 10.6. The molecule has 9 nitrogen and oxygen atoms in total. The molecule has 3 rings (SSSR count). The highest BCUT2D eigenvalue weighted by Gasteiger charge is 2.32. The van der Waals surface area contributed by atoms with E-state index in [0.717, 1.165) is 30.5 Å². The first-order valence-corrected chi connectivity index (χ1v) is 13.7. The van der Waals surface area contributed by atoms with Crippen LogP contribution in [0.15, 0.2) is 76.9 Å². The lowest BCUT2D eigenvalue weighted by molar-refractivity contribution is -0.137. The Labute approximate surface area is 250 Å². The predicted octanol–water partition coefficient (Wildman–Crippen LogP) is 5.41. The molecule has 1 amide bonds. The number of aryl methyl sites for hydroxylation is 1. The highest BCUT2D eigenvalue weighted by atomic mass is 19.4. The number of hydrogen-bond acceptors (Lipinski definition) is 8. The van der Waals surface area contributed by atoms with Crippen molar-refractivity contribution >= 4 is 29.7 Å². The number of halogens is 3. The van der Waals surface area contributed by atoms with E-state index in [1.54, 1.807) is 44.2 Å². The Kier molecular flexibility index (Phi) is 11.0. The number of benzene rings is 2. The number of ether oxygens (including phenoxy) is 1. The second-order valence-electron chi connectivity index (χ2n) is 10.6. The molecule has 5 N–H and O–H groups in total. The number of carbonyl (C=O) groups is 1. The van der Waals surface area contributed by atoms with Crippen LogP contribution >= 0.6 is 0 Å². The second kappa shape index (κ2) is 14.3. The molecular weight excluding hydrogens is 559 g/mol. The zero-order valence-electron chi connectivity index (χ0n) is 25.2. The fraction of sp³-hybridized carbons (Fsp3) is 0.355. The molecular formula is C31H40F3N7O2. The largest absolute Gasteiger partial charge is 0.501 e. The van der Waals surface area contributed by atoms with Crippen LogP contribution in [0, 0.1) is 6.92 Å². The zero-order valence-corrected chi connectivity index (χ0v) is 25.2. The Morgan fingerprint density at radius 1 is 1.19 bits per heavy atom. The van der Waals surface area contributed by atoms with Gasteiger partial charge in [0.25, 0.3) is 5.91 Å². The summed E-state index contributed by atoms with van der Waals surface area (Å²) in [7, 11) is 5.52. The summed E-state index contributed by atoms with van der Waals surface area (Å²) < 4.78 is 46.7. The number of amides is 1. The summed E-state index contributed by atoms with van der Waals surface area (Å²) in [5.41, 5.74) is 8.04. The molecule has 1 aliphatic rings. The molecule has 1 saturated heterocycles. The standard InChI is InChI=1S/C31H40F3N7O2/c1-20-7-8-22(14-29(20)41(36)19-28(35)23(18-37-3)13-21(2)43-6)30(42)38-25-15-24(31(32,33)34)16-27(17-25)40-11-9-26(10-12-40)39(4)5/h7-8,13-19,26H,3,9-12,35-36H2,1-2,4-6H3,(H,38,42)/b21-13+,23-18+,28-19-. The van der Waals surface area contributed by atoms with Gasteiger partial charge < -0.3 is 25.6 Å². The third kappa shape index (κ3) is 8.85. The molecule has 1 aliphatic heterocycles. The van der Waals surface area contributed by atoms with Crippen molar-refractivity contribution in [1.29, 1.82) is 0 Å². The van der Waals surface area contributed by atoms with Crippen molar-refractivity contribution in [3.8, 4) is 0 Å². The molecule has 12 heteroatoms. The van der Waals surface area contributed by atoms with Crippen LogP contribution < -0.4 is 26.8 Å². The average molecular weight is 600 g/mol. The van der Waals surface area contributed by atoms with Gasteiger partial charge in [-0.1, -0.05) is 6.07 Å². The Morgan fingerprint density at radius 2 is 1.86 bits per heavy atom. The lowest BCUT2D eigenvalue weighted by atomic mass is 10.0. The number of methoxy groups -OCH3 is 1. The van der Waals surface area contributed by atoms with Gasteiger partial charge in [-0.2, -0.15) is 13.2 Å². The lowest BCUT2D eigenvalue weighted by Gasteiger charge is -2.36. The fourth-order valence-electron chi connectivity index (χ4n) is 4.77. The van der Waals surface area contributed by atoms with Crippen LogP contribution in [0.3, 0.4) is 0 Å². The summed E-state index contributed by atoms with van der Waals surface area (Å²) in [6.45, 7) is 8.23. The van der Waals surface area contributed by atoms with E-state index in [0.29, 0.717) is 41.8 Å². The summed E-state index contributed by atoms with van der Waals surface area (Å²) >= 11 is 0. The van der Waals surface area contributed by atoms with Crippen molar-refractivity contribution in [3.05, 3.63) is 88.6 Å². The molecule has 0 saturated carbocycles. The number of carbonyl (C=O) groups excluding carboxylic acids is 1. The van der Waals surface area contributed by atoms with Gasteiger partial charge in [0.2, 0.25) is 0 Å². The summed E-state index contributed by atoms with van der Waals surface area (Å²) in [4.78, 5) is 21.1. The maximum absolute atomic E-state index is 13.8. The third-order valence-electron chi connectivity index (χ3n) is 7.34. The van der Waals surface area contributed by atoms with Gasteiger partial charge in [-0.3, -0.25) is 14.8 Å². The number of hydrogen-bond donors (Lipinski definition) is 3. The van der Waals surface area contributed by atoms with Gasteiger partial charge in [0.05, 0.1) is 29.8 Å². The van der Waals surface area contributed by atoms with Gasteiger partial charge in [-0.05, 0) is 89.5 Å². The van der Waals surface area contributed by atoms with E-state index in [-0.39, 0.29) is 16.9 Å². The molecule has 0 radical (unpaired) electrons. The van der Waals surface area contributed by atoms with Crippen molar-refractivity contribution < 1.29 is 22.7 Å².